The van der Waals surface area contributed by atoms with Gasteiger partial charge in [-0.1, -0.05) is 13.8 Å². The van der Waals surface area contributed by atoms with Crippen LogP contribution in [-0.4, -0.2) is 17.7 Å². The van der Waals surface area contributed by atoms with Crippen molar-refractivity contribution in [2.45, 2.75) is 45.7 Å². The molecule has 2 nitrogen and oxygen atoms in total. The molecule has 0 aromatic heterocycles. The molecule has 2 aliphatic rings. The number of hydrogen-bond acceptors (Lipinski definition) is 2. The second kappa shape index (κ2) is 3.33. The predicted octanol–water partition coefficient (Wildman–Crippen LogP) is 2.90. The molecule has 96 valence electrons. The highest BCUT2D eigenvalue weighted by molar-refractivity contribution is 5.96. The minimum atomic E-state index is -4.83. The Kier molecular flexibility index (Phi) is 2.46. The second-order valence-corrected chi connectivity index (χ2v) is 5.76. The van der Waals surface area contributed by atoms with Crippen molar-refractivity contribution in [2.75, 3.05) is 0 Å². The average molecular weight is 248 g/mol. The van der Waals surface area contributed by atoms with Gasteiger partial charge >= 0.3 is 6.18 Å². The third kappa shape index (κ3) is 1.54. The van der Waals surface area contributed by atoms with Crippen molar-refractivity contribution in [1.29, 1.82) is 0 Å². The maximum atomic E-state index is 12.3. The summed E-state index contributed by atoms with van der Waals surface area (Å²) in [5, 5.41) is 0. The van der Waals surface area contributed by atoms with Gasteiger partial charge in [-0.15, -0.1) is 0 Å². The molecule has 0 saturated heterocycles. The van der Waals surface area contributed by atoms with Crippen LogP contribution in [0.3, 0.4) is 0 Å². The van der Waals surface area contributed by atoms with Crippen LogP contribution < -0.4 is 0 Å². The Morgan fingerprint density at radius 3 is 2.35 bits per heavy atom. The number of halogens is 3. The van der Waals surface area contributed by atoms with E-state index in [-0.39, 0.29) is 11.7 Å². The fraction of sp³-hybridized carbons (Fsp3) is 0.833. The van der Waals surface area contributed by atoms with Gasteiger partial charge in [0, 0.05) is 18.3 Å². The minimum Gasteiger partial charge on any atom is -0.299 e. The summed E-state index contributed by atoms with van der Waals surface area (Å²) in [6.07, 6.45) is -3.99. The van der Waals surface area contributed by atoms with Gasteiger partial charge in [-0.3, -0.25) is 9.59 Å². The van der Waals surface area contributed by atoms with E-state index < -0.39 is 29.2 Å². The zero-order valence-corrected chi connectivity index (χ0v) is 9.86. The number of carbonyl (C=O) groups excluding carboxylic acids is 2. The molecule has 2 saturated carbocycles. The van der Waals surface area contributed by atoms with Crippen molar-refractivity contribution < 1.29 is 22.8 Å². The number of carbonyl (C=O) groups is 2. The van der Waals surface area contributed by atoms with Crippen LogP contribution in [0.2, 0.25) is 0 Å². The highest BCUT2D eigenvalue weighted by Crippen LogP contribution is 2.65. The molecule has 2 atom stereocenters. The molecule has 2 bridgehead atoms. The Hall–Kier alpha value is -0.870. The molecule has 0 radical (unpaired) electrons. The lowest BCUT2D eigenvalue weighted by Crippen LogP contribution is -2.41. The Morgan fingerprint density at radius 2 is 2.00 bits per heavy atom. The molecule has 2 fully saturated rings. The first-order valence-electron chi connectivity index (χ1n) is 5.74. The van der Waals surface area contributed by atoms with E-state index >= 15 is 0 Å². The quantitative estimate of drug-likeness (QED) is 0.753. The summed E-state index contributed by atoms with van der Waals surface area (Å²) in [6.45, 7) is 3.64. The lowest BCUT2D eigenvalue weighted by atomic mass is 9.66. The summed E-state index contributed by atoms with van der Waals surface area (Å²) in [5.41, 5.74) is -1.55. The van der Waals surface area contributed by atoms with Crippen molar-refractivity contribution in [1.82, 2.24) is 0 Å². The van der Waals surface area contributed by atoms with E-state index in [1.807, 2.05) is 13.8 Å². The smallest absolute Gasteiger partial charge is 0.299 e. The Bertz CT molecular complexity index is 384. The maximum Gasteiger partial charge on any atom is 0.450 e. The van der Waals surface area contributed by atoms with E-state index in [2.05, 4.69) is 0 Å². The van der Waals surface area contributed by atoms with Crippen LogP contribution in [0.25, 0.3) is 0 Å². The normalized spacial score (nSPS) is 35.4. The zero-order valence-electron chi connectivity index (χ0n) is 9.86. The second-order valence-electron chi connectivity index (χ2n) is 5.76. The van der Waals surface area contributed by atoms with Gasteiger partial charge in [0.15, 0.2) is 0 Å². The number of fused-ring (bicyclic) bond motifs is 2. The average Bonchev–Trinajstić information content (AvgIpc) is 2.49. The van der Waals surface area contributed by atoms with Gasteiger partial charge in [-0.05, 0) is 24.2 Å². The molecule has 0 aromatic carbocycles. The van der Waals surface area contributed by atoms with Gasteiger partial charge < -0.3 is 0 Å². The molecule has 2 aliphatic carbocycles. The van der Waals surface area contributed by atoms with Crippen molar-refractivity contribution in [2.24, 2.45) is 16.7 Å². The highest BCUT2D eigenvalue weighted by atomic mass is 19.4. The largest absolute Gasteiger partial charge is 0.450 e. The van der Waals surface area contributed by atoms with Crippen LogP contribution in [0.5, 0.6) is 0 Å². The van der Waals surface area contributed by atoms with Gasteiger partial charge in [0.25, 0.3) is 0 Å². The van der Waals surface area contributed by atoms with Crippen molar-refractivity contribution in [3.05, 3.63) is 0 Å². The molecule has 5 heteroatoms. The maximum absolute atomic E-state index is 12.3. The molecular formula is C12H15F3O2. The van der Waals surface area contributed by atoms with E-state index in [1.54, 1.807) is 0 Å². The van der Waals surface area contributed by atoms with Gasteiger partial charge in [0.1, 0.15) is 5.78 Å². The van der Waals surface area contributed by atoms with Gasteiger partial charge in [0.05, 0.1) is 0 Å². The van der Waals surface area contributed by atoms with Crippen molar-refractivity contribution in [3.63, 3.8) is 0 Å². The Balaban J connectivity index is 2.30. The molecule has 0 N–H and O–H groups in total. The first-order valence-corrected chi connectivity index (χ1v) is 5.74. The molecule has 0 aromatic rings. The van der Waals surface area contributed by atoms with E-state index in [0.717, 1.165) is 6.42 Å². The SMILES string of the molecule is CC1(C)C2CCC1(CC(=O)C(F)(F)F)C(=O)C2. The van der Waals surface area contributed by atoms with Crippen molar-refractivity contribution in [3.8, 4) is 0 Å². The summed E-state index contributed by atoms with van der Waals surface area (Å²) in [4.78, 5) is 23.1. The fourth-order valence-corrected chi connectivity index (χ4v) is 3.56. The summed E-state index contributed by atoms with van der Waals surface area (Å²) >= 11 is 0. The third-order valence-corrected chi connectivity index (χ3v) is 4.92. The van der Waals surface area contributed by atoms with Crippen LogP contribution >= 0.6 is 0 Å². The van der Waals surface area contributed by atoms with Gasteiger partial charge in [-0.2, -0.15) is 13.2 Å². The Morgan fingerprint density at radius 1 is 1.41 bits per heavy atom. The minimum absolute atomic E-state index is 0.135. The lowest BCUT2D eigenvalue weighted by Gasteiger charge is -2.36. The van der Waals surface area contributed by atoms with Crippen LogP contribution in [0.4, 0.5) is 13.2 Å². The first kappa shape index (κ1) is 12.6. The van der Waals surface area contributed by atoms with Gasteiger partial charge in [-0.25, -0.2) is 0 Å². The van der Waals surface area contributed by atoms with Crippen molar-refractivity contribution >= 4 is 11.6 Å². The molecule has 2 unspecified atom stereocenters. The van der Waals surface area contributed by atoms with E-state index in [1.165, 1.54) is 0 Å². The monoisotopic (exact) mass is 248 g/mol. The number of ketones is 2. The molecule has 0 heterocycles. The Labute approximate surface area is 97.6 Å². The highest BCUT2D eigenvalue weighted by Gasteiger charge is 2.65. The molecule has 0 amide bonds. The van der Waals surface area contributed by atoms with Crippen LogP contribution in [0.15, 0.2) is 0 Å². The number of alkyl halides is 3. The third-order valence-electron chi connectivity index (χ3n) is 4.92. The summed E-state index contributed by atoms with van der Waals surface area (Å²) < 4.78 is 37.0. The topological polar surface area (TPSA) is 34.1 Å². The fourth-order valence-electron chi connectivity index (χ4n) is 3.56. The molecular weight excluding hydrogens is 233 g/mol. The van der Waals surface area contributed by atoms with E-state index in [4.69, 9.17) is 0 Å². The summed E-state index contributed by atoms with van der Waals surface area (Å²) in [6, 6.07) is 0. The molecule has 0 aliphatic heterocycles. The molecule has 0 spiro atoms. The summed E-state index contributed by atoms with van der Waals surface area (Å²) in [7, 11) is 0. The zero-order chi connectivity index (χ0) is 13.1. The van der Waals surface area contributed by atoms with Gasteiger partial charge in [0.2, 0.25) is 5.78 Å². The van der Waals surface area contributed by atoms with Crippen LogP contribution in [0.1, 0.15) is 39.5 Å². The molecule has 17 heavy (non-hydrogen) atoms. The number of Topliss-reactive ketones (excluding diaryl/α,β-unsaturated/α-hetero) is 2. The molecule has 2 rings (SSSR count). The number of rotatable bonds is 2. The predicted molar refractivity (Wildman–Crippen MR) is 54.2 cm³/mol. The lowest BCUT2D eigenvalue weighted by molar-refractivity contribution is -0.175. The summed E-state index contributed by atoms with van der Waals surface area (Å²) in [5.74, 6) is -1.78. The number of hydrogen-bond donors (Lipinski definition) is 0. The van der Waals surface area contributed by atoms with Crippen LogP contribution in [0, 0.1) is 16.7 Å². The van der Waals surface area contributed by atoms with E-state index in [0.29, 0.717) is 12.8 Å². The first-order chi connectivity index (χ1) is 7.61. The van der Waals surface area contributed by atoms with E-state index in [9.17, 15) is 22.8 Å². The standard InChI is InChI=1S/C12H15F3O2/c1-10(2)7-3-4-11(10,8(16)5-7)6-9(17)12(13,14)15/h7H,3-6H2,1-2H3. The van der Waals surface area contributed by atoms with Crippen LogP contribution in [-0.2, 0) is 9.59 Å².